The van der Waals surface area contributed by atoms with Gasteiger partial charge in [-0.15, -0.1) is 0 Å². The zero-order valence-electron chi connectivity index (χ0n) is 19.8. The van der Waals surface area contributed by atoms with Gasteiger partial charge in [0.25, 0.3) is 11.8 Å². The summed E-state index contributed by atoms with van der Waals surface area (Å²) >= 11 is 1.44. The van der Waals surface area contributed by atoms with Crippen LogP contribution < -0.4 is 10.2 Å². The number of carbonyl (C=O) groups excluding carboxylic acids is 2. The molecule has 0 saturated carbocycles. The minimum absolute atomic E-state index is 0.0780. The number of aryl methyl sites for hydroxylation is 1. The average Bonchev–Trinajstić information content (AvgIpc) is 2.90. The van der Waals surface area contributed by atoms with Gasteiger partial charge in [-0.3, -0.25) is 14.6 Å². The van der Waals surface area contributed by atoms with Crippen molar-refractivity contribution in [3.05, 3.63) is 130 Å². The van der Waals surface area contributed by atoms with E-state index in [4.69, 9.17) is 0 Å². The van der Waals surface area contributed by atoms with Crippen molar-refractivity contribution in [2.75, 3.05) is 4.90 Å². The van der Waals surface area contributed by atoms with Crippen molar-refractivity contribution in [2.24, 2.45) is 0 Å². The Morgan fingerprint density at radius 2 is 1.81 bits per heavy atom. The number of hydrogen-bond acceptors (Lipinski definition) is 4. The molecule has 3 aromatic carbocycles. The lowest BCUT2D eigenvalue weighted by atomic mass is 10.1. The molecule has 1 aliphatic rings. The topological polar surface area (TPSA) is 62.3 Å². The number of fused-ring (bicyclic) bond motifs is 1. The Hall–Kier alpha value is -4.16. The van der Waals surface area contributed by atoms with Crippen molar-refractivity contribution in [1.82, 2.24) is 10.3 Å². The lowest BCUT2D eigenvalue weighted by Gasteiger charge is -2.31. The first-order valence-corrected chi connectivity index (χ1v) is 12.5. The zero-order chi connectivity index (χ0) is 24.9. The van der Waals surface area contributed by atoms with E-state index in [-0.39, 0.29) is 11.8 Å². The number of carbonyl (C=O) groups is 2. The molecule has 1 aliphatic heterocycles. The second kappa shape index (κ2) is 10.6. The van der Waals surface area contributed by atoms with Gasteiger partial charge in [-0.05, 0) is 54.0 Å². The summed E-state index contributed by atoms with van der Waals surface area (Å²) in [5, 5.41) is 2.95. The van der Waals surface area contributed by atoms with Crippen LogP contribution in [0.2, 0.25) is 0 Å². The van der Waals surface area contributed by atoms with Crippen LogP contribution in [0.4, 0.5) is 5.69 Å². The highest BCUT2D eigenvalue weighted by Gasteiger charge is 2.30. The van der Waals surface area contributed by atoms with E-state index < -0.39 is 0 Å². The predicted molar refractivity (Wildman–Crippen MR) is 144 cm³/mol. The molecular weight excluding hydrogens is 466 g/mol. The third kappa shape index (κ3) is 5.39. The molecule has 36 heavy (non-hydrogen) atoms. The van der Waals surface area contributed by atoms with Gasteiger partial charge < -0.3 is 10.2 Å². The van der Waals surface area contributed by atoms with Gasteiger partial charge in [-0.25, -0.2) is 0 Å². The smallest absolute Gasteiger partial charge is 0.265 e. The minimum atomic E-state index is -0.194. The standard InChI is InChI=1S/C30H25N3O2S/c1-21-7-5-10-23(15-21)20-33-26-17-25(29(34)32-19-24-11-6-14-31-18-24)12-13-27(26)36-28(30(33)35)16-22-8-3-2-4-9-22/h2-18H,19-20H2,1H3,(H,32,34)/b28-16-. The summed E-state index contributed by atoms with van der Waals surface area (Å²) in [6.45, 7) is 2.84. The zero-order valence-corrected chi connectivity index (χ0v) is 20.7. The largest absolute Gasteiger partial charge is 0.348 e. The van der Waals surface area contributed by atoms with E-state index in [1.54, 1.807) is 17.3 Å². The number of hydrogen-bond donors (Lipinski definition) is 1. The first-order valence-electron chi connectivity index (χ1n) is 11.7. The third-order valence-corrected chi connectivity index (χ3v) is 6.96. The molecule has 1 aromatic heterocycles. The van der Waals surface area contributed by atoms with Crippen molar-refractivity contribution in [2.45, 2.75) is 24.9 Å². The number of aromatic nitrogens is 1. The van der Waals surface area contributed by atoms with E-state index in [2.05, 4.69) is 16.4 Å². The highest BCUT2D eigenvalue weighted by atomic mass is 32.2. The SMILES string of the molecule is Cc1cccc(CN2C(=O)/C(=C/c3ccccc3)Sc3ccc(C(=O)NCc4cccnc4)cc32)c1. The second-order valence-corrected chi connectivity index (χ2v) is 9.71. The van der Waals surface area contributed by atoms with Crippen molar-refractivity contribution in [3.63, 3.8) is 0 Å². The summed E-state index contributed by atoms with van der Waals surface area (Å²) in [6, 6.07) is 27.3. The van der Waals surface area contributed by atoms with Crippen LogP contribution in [0.1, 0.15) is 32.6 Å². The van der Waals surface area contributed by atoms with Gasteiger partial charge in [0.05, 0.1) is 17.1 Å². The summed E-state index contributed by atoms with van der Waals surface area (Å²) in [5.41, 5.74) is 5.31. The minimum Gasteiger partial charge on any atom is -0.348 e. The molecule has 5 rings (SSSR count). The average molecular weight is 492 g/mol. The number of pyridine rings is 1. The van der Waals surface area contributed by atoms with Gasteiger partial charge >= 0.3 is 0 Å². The molecule has 0 fully saturated rings. The van der Waals surface area contributed by atoms with Gasteiger partial charge in [0.15, 0.2) is 0 Å². The Kier molecular flexibility index (Phi) is 6.96. The molecule has 5 nitrogen and oxygen atoms in total. The van der Waals surface area contributed by atoms with E-state index in [9.17, 15) is 9.59 Å². The normalized spacial score (nSPS) is 14.0. The molecule has 1 N–H and O–H groups in total. The van der Waals surface area contributed by atoms with Crippen molar-refractivity contribution >= 4 is 35.3 Å². The number of rotatable bonds is 6. The highest BCUT2D eigenvalue weighted by Crippen LogP contribution is 2.43. The van der Waals surface area contributed by atoms with Gasteiger partial charge in [0.1, 0.15) is 0 Å². The Balaban J connectivity index is 1.47. The van der Waals surface area contributed by atoms with Gasteiger partial charge in [-0.2, -0.15) is 0 Å². The van der Waals surface area contributed by atoms with E-state index in [0.29, 0.717) is 23.6 Å². The molecule has 2 amide bonds. The summed E-state index contributed by atoms with van der Waals surface area (Å²) < 4.78 is 0. The maximum Gasteiger partial charge on any atom is 0.265 e. The van der Waals surface area contributed by atoms with Crippen molar-refractivity contribution in [3.8, 4) is 0 Å². The van der Waals surface area contributed by atoms with Crippen molar-refractivity contribution < 1.29 is 9.59 Å². The van der Waals surface area contributed by atoms with Gasteiger partial charge in [0.2, 0.25) is 0 Å². The van der Waals surface area contributed by atoms with Crippen LogP contribution in [-0.2, 0) is 17.9 Å². The number of anilines is 1. The van der Waals surface area contributed by atoms with E-state index in [1.807, 2.05) is 91.9 Å². The molecule has 0 unspecified atom stereocenters. The number of nitrogens with zero attached hydrogens (tertiary/aromatic N) is 2. The Bertz CT molecular complexity index is 1440. The highest BCUT2D eigenvalue weighted by molar-refractivity contribution is 8.04. The van der Waals surface area contributed by atoms with Crippen LogP contribution in [0.3, 0.4) is 0 Å². The van der Waals surface area contributed by atoms with E-state index >= 15 is 0 Å². The van der Waals surface area contributed by atoms with Crippen LogP contribution >= 0.6 is 11.8 Å². The van der Waals surface area contributed by atoms with Gasteiger partial charge in [0, 0.05) is 29.4 Å². The first-order chi connectivity index (χ1) is 17.6. The molecule has 2 heterocycles. The molecule has 0 saturated heterocycles. The molecule has 0 radical (unpaired) electrons. The van der Waals surface area contributed by atoms with Crippen molar-refractivity contribution in [1.29, 1.82) is 0 Å². The number of nitrogens with one attached hydrogen (secondary N) is 1. The maximum atomic E-state index is 13.7. The summed E-state index contributed by atoms with van der Waals surface area (Å²) in [6.07, 6.45) is 5.35. The Morgan fingerprint density at radius 1 is 0.972 bits per heavy atom. The molecule has 0 bridgehead atoms. The maximum absolute atomic E-state index is 13.7. The molecule has 6 heteroatoms. The number of benzene rings is 3. The number of amides is 2. The molecule has 0 spiro atoms. The first kappa shape index (κ1) is 23.6. The van der Waals surface area contributed by atoms with Crippen LogP contribution in [0.5, 0.6) is 0 Å². The molecule has 178 valence electrons. The van der Waals surface area contributed by atoms with Crippen LogP contribution in [0.25, 0.3) is 6.08 Å². The monoisotopic (exact) mass is 491 g/mol. The molecule has 0 aliphatic carbocycles. The summed E-state index contributed by atoms with van der Waals surface area (Å²) in [5.74, 6) is -0.272. The molecule has 0 atom stereocenters. The van der Waals surface area contributed by atoms with E-state index in [1.165, 1.54) is 11.8 Å². The third-order valence-electron chi connectivity index (χ3n) is 5.88. The molecular formula is C30H25N3O2S. The lowest BCUT2D eigenvalue weighted by Crippen LogP contribution is -2.34. The van der Waals surface area contributed by atoms with Gasteiger partial charge in [-0.1, -0.05) is 78.0 Å². The second-order valence-electron chi connectivity index (χ2n) is 8.63. The summed E-state index contributed by atoms with van der Waals surface area (Å²) in [7, 11) is 0. The van der Waals surface area contributed by atoms with Crippen LogP contribution in [0.15, 0.2) is 107 Å². The fraction of sp³-hybridized carbons (Fsp3) is 0.100. The predicted octanol–water partition coefficient (Wildman–Crippen LogP) is 6.00. The summed E-state index contributed by atoms with van der Waals surface area (Å²) in [4.78, 5) is 34.1. The van der Waals surface area contributed by atoms with Crippen LogP contribution in [-0.4, -0.2) is 16.8 Å². The Morgan fingerprint density at radius 3 is 2.58 bits per heavy atom. The fourth-order valence-corrected chi connectivity index (χ4v) is 5.13. The fourth-order valence-electron chi connectivity index (χ4n) is 4.09. The molecule has 4 aromatic rings. The van der Waals surface area contributed by atoms with Crippen LogP contribution in [0, 0.1) is 6.92 Å². The number of thioether (sulfide) groups is 1. The lowest BCUT2D eigenvalue weighted by molar-refractivity contribution is -0.114. The Labute approximate surface area is 214 Å². The van der Waals surface area contributed by atoms with E-state index in [0.717, 1.165) is 32.8 Å². The quantitative estimate of drug-likeness (QED) is 0.336.